The maximum absolute atomic E-state index is 15.0. The Hall–Kier alpha value is -4.34. The molecule has 5 rings (SSSR count). The largest absolute Gasteiger partial charge is 0.465 e. The van der Waals surface area contributed by atoms with Crippen LogP contribution in [0, 0.1) is 23.4 Å². The van der Waals surface area contributed by atoms with Crippen LogP contribution in [0.4, 0.5) is 17.6 Å². The van der Waals surface area contributed by atoms with Crippen molar-refractivity contribution in [1.29, 1.82) is 0 Å². The minimum absolute atomic E-state index is 0.00253. The quantitative estimate of drug-likeness (QED) is 0.172. The predicted octanol–water partition coefficient (Wildman–Crippen LogP) is 5.93. The number of imidazole rings is 1. The summed E-state index contributed by atoms with van der Waals surface area (Å²) >= 11 is 0. The summed E-state index contributed by atoms with van der Waals surface area (Å²) < 4.78 is 64.7. The van der Waals surface area contributed by atoms with Crippen molar-refractivity contribution >= 4 is 27.9 Å². The van der Waals surface area contributed by atoms with Gasteiger partial charge in [-0.25, -0.2) is 27.9 Å². The number of rotatable bonds is 5. The highest BCUT2D eigenvalue weighted by Crippen LogP contribution is 2.35. The molecule has 3 aromatic heterocycles. The Morgan fingerprint density at radius 3 is 2.47 bits per heavy atom. The van der Waals surface area contributed by atoms with Crippen LogP contribution in [0.2, 0.25) is 0 Å². The predicted molar refractivity (Wildman–Crippen MR) is 125 cm³/mol. The van der Waals surface area contributed by atoms with Crippen LogP contribution < -0.4 is 0 Å². The molecule has 0 saturated heterocycles. The van der Waals surface area contributed by atoms with Gasteiger partial charge in [0.15, 0.2) is 5.82 Å². The summed E-state index contributed by atoms with van der Waals surface area (Å²) in [5.41, 5.74) is 0.574. The lowest BCUT2D eigenvalue weighted by Crippen LogP contribution is -2.05. The Balaban J connectivity index is 1.94. The van der Waals surface area contributed by atoms with Gasteiger partial charge in [-0.2, -0.15) is 4.39 Å². The molecule has 2 aromatic carbocycles. The minimum atomic E-state index is -1.30. The number of hydrogen-bond acceptors (Lipinski definition) is 5. The Kier molecular flexibility index (Phi) is 5.87. The van der Waals surface area contributed by atoms with Crippen molar-refractivity contribution in [3.05, 3.63) is 83.6 Å². The molecule has 36 heavy (non-hydrogen) atoms. The van der Waals surface area contributed by atoms with E-state index in [2.05, 4.69) is 15.0 Å². The number of nitrogens with zero attached hydrogens (tertiary/aromatic N) is 4. The zero-order valence-corrected chi connectivity index (χ0v) is 19.2. The van der Waals surface area contributed by atoms with Crippen LogP contribution in [0.15, 0.2) is 48.8 Å². The lowest BCUT2D eigenvalue weighted by Gasteiger charge is -2.14. The van der Waals surface area contributed by atoms with Crippen molar-refractivity contribution in [2.24, 2.45) is 0 Å². The van der Waals surface area contributed by atoms with Crippen LogP contribution >= 0.6 is 0 Å². The number of aromatic nitrogens is 4. The van der Waals surface area contributed by atoms with Gasteiger partial charge >= 0.3 is 5.97 Å². The zero-order valence-electron chi connectivity index (χ0n) is 19.2. The third-order valence-electron chi connectivity index (χ3n) is 5.88. The number of aryl methyl sites for hydroxylation is 1. The van der Waals surface area contributed by atoms with Crippen molar-refractivity contribution in [2.75, 3.05) is 7.11 Å². The second kappa shape index (κ2) is 9.03. The molecule has 0 bridgehead atoms. The van der Waals surface area contributed by atoms with Crippen molar-refractivity contribution in [3.8, 4) is 16.8 Å². The van der Waals surface area contributed by atoms with Crippen molar-refractivity contribution in [2.45, 2.75) is 19.8 Å². The SMILES string of the molecule is CCCc1nc2c(C(=O)OC)cc(-c3ccnc(F)c3F)cc2n1-c1ccnc2c(F)ccc(F)c12. The van der Waals surface area contributed by atoms with Gasteiger partial charge in [0.1, 0.15) is 28.5 Å². The van der Waals surface area contributed by atoms with E-state index in [-0.39, 0.29) is 38.8 Å². The van der Waals surface area contributed by atoms with Crippen LogP contribution in [-0.4, -0.2) is 32.6 Å². The smallest absolute Gasteiger partial charge is 0.340 e. The summed E-state index contributed by atoms with van der Waals surface area (Å²) in [6, 6.07) is 7.62. The monoisotopic (exact) mass is 494 g/mol. The van der Waals surface area contributed by atoms with Crippen LogP contribution in [-0.2, 0) is 11.2 Å². The number of pyridine rings is 2. The topological polar surface area (TPSA) is 69.9 Å². The van der Waals surface area contributed by atoms with E-state index >= 15 is 4.39 Å². The van der Waals surface area contributed by atoms with Crippen LogP contribution in [0.5, 0.6) is 0 Å². The highest BCUT2D eigenvalue weighted by Gasteiger charge is 2.24. The second-order valence-electron chi connectivity index (χ2n) is 8.04. The van der Waals surface area contributed by atoms with E-state index in [1.54, 1.807) is 4.57 Å². The summed E-state index contributed by atoms with van der Waals surface area (Å²) in [5, 5.41) is -0.0830. The van der Waals surface area contributed by atoms with Crippen LogP contribution in [0.3, 0.4) is 0 Å². The Morgan fingerprint density at radius 2 is 1.72 bits per heavy atom. The molecule has 0 spiro atoms. The maximum atomic E-state index is 15.0. The molecular weight excluding hydrogens is 476 g/mol. The molecule has 0 saturated carbocycles. The van der Waals surface area contributed by atoms with Crippen molar-refractivity contribution in [3.63, 3.8) is 0 Å². The van der Waals surface area contributed by atoms with Gasteiger partial charge in [0, 0.05) is 24.4 Å². The Morgan fingerprint density at radius 1 is 0.972 bits per heavy atom. The molecule has 10 heteroatoms. The molecule has 0 N–H and O–H groups in total. The lowest BCUT2D eigenvalue weighted by atomic mass is 10.0. The average molecular weight is 494 g/mol. The molecule has 0 amide bonds. The number of halogens is 4. The first-order valence-electron chi connectivity index (χ1n) is 11.0. The lowest BCUT2D eigenvalue weighted by molar-refractivity contribution is 0.0603. The molecular formula is C26H18F4N4O2. The van der Waals surface area contributed by atoms with E-state index < -0.39 is 29.4 Å². The maximum Gasteiger partial charge on any atom is 0.340 e. The van der Waals surface area contributed by atoms with Gasteiger partial charge < -0.3 is 4.74 Å². The van der Waals surface area contributed by atoms with Crippen molar-refractivity contribution in [1.82, 2.24) is 19.5 Å². The number of hydrogen-bond donors (Lipinski definition) is 0. The second-order valence-corrected chi connectivity index (χ2v) is 8.04. The van der Waals surface area contributed by atoms with Gasteiger partial charge in [0.25, 0.3) is 0 Å². The number of ether oxygens (including phenoxy) is 1. The van der Waals surface area contributed by atoms with Crippen LogP contribution in [0.1, 0.15) is 29.5 Å². The minimum Gasteiger partial charge on any atom is -0.465 e. The standard InChI is InChI=1S/C26H18F4N4O2/c1-3-4-20-33-23-15(26(35)36-2)11-13(14-7-9-32-25(30)22(14)29)12-19(23)34(20)18-8-10-31-24-17(28)6-5-16(27)21(18)24/h5-12H,3-4H2,1-2H3. The van der Waals surface area contributed by atoms with Crippen LogP contribution in [0.25, 0.3) is 38.8 Å². The zero-order chi connectivity index (χ0) is 25.6. The molecule has 0 fully saturated rings. The number of carbonyl (C=O) groups excluding carboxylic acids is 1. The molecule has 0 atom stereocenters. The molecule has 0 unspecified atom stereocenters. The summed E-state index contributed by atoms with van der Waals surface area (Å²) in [4.78, 5) is 24.6. The number of benzene rings is 2. The highest BCUT2D eigenvalue weighted by atomic mass is 19.2. The van der Waals surface area contributed by atoms with Gasteiger partial charge in [-0.3, -0.25) is 9.55 Å². The Bertz CT molecular complexity index is 1670. The van der Waals surface area contributed by atoms with Gasteiger partial charge in [-0.1, -0.05) is 6.92 Å². The number of esters is 1. The van der Waals surface area contributed by atoms with E-state index in [0.29, 0.717) is 24.2 Å². The van der Waals surface area contributed by atoms with E-state index in [1.165, 1.54) is 37.6 Å². The number of methoxy groups -OCH3 is 1. The molecule has 0 radical (unpaired) electrons. The number of fused-ring (bicyclic) bond motifs is 2. The average Bonchev–Trinajstić information content (AvgIpc) is 3.24. The van der Waals surface area contributed by atoms with E-state index in [9.17, 15) is 18.0 Å². The highest BCUT2D eigenvalue weighted by molar-refractivity contribution is 6.05. The van der Waals surface area contributed by atoms with Gasteiger partial charge in [-0.15, -0.1) is 0 Å². The summed E-state index contributed by atoms with van der Waals surface area (Å²) in [6.07, 6.45) is 3.51. The summed E-state index contributed by atoms with van der Waals surface area (Å²) in [7, 11) is 1.19. The molecule has 182 valence electrons. The first kappa shape index (κ1) is 23.4. The third kappa shape index (κ3) is 3.65. The molecule has 5 aromatic rings. The fourth-order valence-corrected chi connectivity index (χ4v) is 4.31. The van der Waals surface area contributed by atoms with E-state index in [1.807, 2.05) is 6.92 Å². The van der Waals surface area contributed by atoms with E-state index in [0.717, 1.165) is 18.3 Å². The normalized spacial score (nSPS) is 11.4. The van der Waals surface area contributed by atoms with Crippen molar-refractivity contribution < 1.29 is 27.1 Å². The molecule has 0 aliphatic carbocycles. The molecule has 0 aliphatic heterocycles. The van der Waals surface area contributed by atoms with Gasteiger partial charge in [0.05, 0.1) is 29.3 Å². The van der Waals surface area contributed by atoms with E-state index in [4.69, 9.17) is 4.74 Å². The first-order valence-corrected chi connectivity index (χ1v) is 11.0. The number of carbonyl (C=O) groups is 1. The molecule has 0 aliphatic rings. The van der Waals surface area contributed by atoms with Gasteiger partial charge in [-0.05, 0) is 48.4 Å². The van der Waals surface area contributed by atoms with Gasteiger partial charge in [0.2, 0.25) is 5.95 Å². The Labute approximate surface area is 202 Å². The summed E-state index contributed by atoms with van der Waals surface area (Å²) in [5.74, 6) is -4.21. The molecule has 6 nitrogen and oxygen atoms in total. The third-order valence-corrected chi connectivity index (χ3v) is 5.88. The fourth-order valence-electron chi connectivity index (χ4n) is 4.31. The summed E-state index contributed by atoms with van der Waals surface area (Å²) in [6.45, 7) is 1.91. The fraction of sp³-hybridized carbons (Fsp3) is 0.154. The first-order chi connectivity index (χ1) is 17.3. The molecule has 3 heterocycles.